The van der Waals surface area contributed by atoms with E-state index in [1.54, 1.807) is 4.90 Å². The van der Waals surface area contributed by atoms with Crippen molar-refractivity contribution in [3.8, 4) is 36.8 Å². The lowest BCUT2D eigenvalue weighted by molar-refractivity contribution is -0.135. The normalized spacial score (nSPS) is 11.5. The molecule has 28 heavy (non-hydrogen) atoms. The first kappa shape index (κ1) is 24.5. The van der Waals surface area contributed by atoms with E-state index in [0.717, 1.165) is 24.2 Å². The van der Waals surface area contributed by atoms with E-state index in [2.05, 4.69) is 75.6 Å². The van der Waals surface area contributed by atoms with Crippen molar-refractivity contribution < 1.29 is 4.79 Å². The van der Waals surface area contributed by atoms with Crippen LogP contribution in [0.25, 0.3) is 16.8 Å². The van der Waals surface area contributed by atoms with E-state index in [9.17, 15) is 4.79 Å². The Hall–Kier alpha value is -3.49. The lowest BCUT2D eigenvalue weighted by Gasteiger charge is -2.32. The maximum absolute atomic E-state index is 11.4. The minimum absolute atomic E-state index is 0.164. The average molecular weight is 372 g/mol. The van der Waals surface area contributed by atoms with Crippen LogP contribution < -0.4 is 0 Å². The Labute approximate surface area is 170 Å². The van der Waals surface area contributed by atoms with Gasteiger partial charge in [0, 0.05) is 18.7 Å². The molecule has 1 amide bonds. The zero-order chi connectivity index (χ0) is 21.4. The second-order valence-corrected chi connectivity index (χ2v) is 5.66. The SMILES string of the molecule is C#C.C#C.C/C=C/CC.C=C(c1ccc(-c2ccccc2)cc1)N1CCC1=O. The van der Waals surface area contributed by atoms with Crippen LogP contribution in [0.1, 0.15) is 32.3 Å². The summed E-state index contributed by atoms with van der Waals surface area (Å²) >= 11 is 0. The van der Waals surface area contributed by atoms with Crippen LogP contribution >= 0.6 is 0 Å². The number of allylic oxidation sites excluding steroid dienone is 2. The third-order valence-electron chi connectivity index (χ3n) is 3.97. The lowest BCUT2D eigenvalue weighted by Crippen LogP contribution is -2.41. The molecule has 0 saturated carbocycles. The van der Waals surface area contributed by atoms with Gasteiger partial charge in [0.2, 0.25) is 5.91 Å². The number of likely N-dealkylation sites (tertiary alicyclic amines) is 1. The Bertz CT molecular complexity index is 773. The predicted octanol–water partition coefficient (Wildman–Crippen LogP) is 6.03. The molecule has 0 bridgehead atoms. The first-order valence-corrected chi connectivity index (χ1v) is 9.10. The van der Waals surface area contributed by atoms with Crippen molar-refractivity contribution in [2.45, 2.75) is 26.7 Å². The third-order valence-corrected chi connectivity index (χ3v) is 3.97. The van der Waals surface area contributed by atoms with Crippen LogP contribution in [-0.4, -0.2) is 17.4 Å². The minimum atomic E-state index is 0.164. The number of terminal acetylenes is 2. The molecule has 0 radical (unpaired) electrons. The maximum atomic E-state index is 11.4. The van der Waals surface area contributed by atoms with E-state index in [1.807, 2.05) is 37.3 Å². The summed E-state index contributed by atoms with van der Waals surface area (Å²) in [5, 5.41) is 0. The van der Waals surface area contributed by atoms with Crippen LogP contribution in [0.2, 0.25) is 0 Å². The van der Waals surface area contributed by atoms with Crippen LogP contribution in [0, 0.1) is 25.7 Å². The van der Waals surface area contributed by atoms with Gasteiger partial charge in [-0.15, -0.1) is 25.7 Å². The number of benzene rings is 2. The number of amides is 1. The molecule has 2 nitrogen and oxygen atoms in total. The highest BCUT2D eigenvalue weighted by Crippen LogP contribution is 2.26. The van der Waals surface area contributed by atoms with Gasteiger partial charge in [-0.3, -0.25) is 4.79 Å². The molecule has 3 rings (SSSR count). The highest BCUT2D eigenvalue weighted by Gasteiger charge is 2.26. The zero-order valence-corrected chi connectivity index (χ0v) is 16.8. The van der Waals surface area contributed by atoms with Gasteiger partial charge in [0.05, 0.1) is 0 Å². The van der Waals surface area contributed by atoms with E-state index in [1.165, 1.54) is 11.1 Å². The fourth-order valence-electron chi connectivity index (χ4n) is 2.48. The van der Waals surface area contributed by atoms with Crippen LogP contribution in [0.5, 0.6) is 0 Å². The topological polar surface area (TPSA) is 20.3 Å². The van der Waals surface area contributed by atoms with Crippen molar-refractivity contribution in [2.75, 3.05) is 6.54 Å². The van der Waals surface area contributed by atoms with Gasteiger partial charge in [0.25, 0.3) is 0 Å². The molecule has 1 saturated heterocycles. The fraction of sp³-hybridized carbons (Fsp3) is 0.192. The Morgan fingerprint density at radius 2 is 1.54 bits per heavy atom. The summed E-state index contributed by atoms with van der Waals surface area (Å²) in [5.74, 6) is 0.164. The number of carbonyl (C=O) groups excluding carboxylic acids is 1. The molecule has 2 heteroatoms. The van der Waals surface area contributed by atoms with Crippen molar-refractivity contribution >= 4 is 11.6 Å². The second kappa shape index (κ2) is 14.7. The van der Waals surface area contributed by atoms with Gasteiger partial charge in [-0.05, 0) is 30.0 Å². The van der Waals surface area contributed by atoms with Gasteiger partial charge in [0.15, 0.2) is 0 Å². The zero-order valence-electron chi connectivity index (χ0n) is 16.8. The molecule has 1 aliphatic rings. The maximum Gasteiger partial charge on any atom is 0.228 e. The van der Waals surface area contributed by atoms with Gasteiger partial charge in [0.1, 0.15) is 0 Å². The van der Waals surface area contributed by atoms with Gasteiger partial charge >= 0.3 is 0 Å². The molecule has 2 aromatic carbocycles. The van der Waals surface area contributed by atoms with Crippen molar-refractivity contribution in [1.82, 2.24) is 4.90 Å². The highest BCUT2D eigenvalue weighted by atomic mass is 16.2. The van der Waals surface area contributed by atoms with E-state index >= 15 is 0 Å². The van der Waals surface area contributed by atoms with E-state index in [-0.39, 0.29) is 5.91 Å². The number of hydrogen-bond acceptors (Lipinski definition) is 1. The van der Waals surface area contributed by atoms with E-state index < -0.39 is 0 Å². The Morgan fingerprint density at radius 1 is 1.00 bits per heavy atom. The summed E-state index contributed by atoms with van der Waals surface area (Å²) < 4.78 is 0. The largest absolute Gasteiger partial charge is 0.312 e. The van der Waals surface area contributed by atoms with Gasteiger partial charge in [-0.25, -0.2) is 0 Å². The van der Waals surface area contributed by atoms with Crippen molar-refractivity contribution in [2.24, 2.45) is 0 Å². The number of β-lactam (4-membered cyclic amide) rings is 1. The summed E-state index contributed by atoms with van der Waals surface area (Å²) in [6.45, 7) is 8.95. The third kappa shape index (κ3) is 7.40. The summed E-state index contributed by atoms with van der Waals surface area (Å²) in [6, 6.07) is 18.4. The lowest BCUT2D eigenvalue weighted by atomic mass is 10.0. The van der Waals surface area contributed by atoms with E-state index in [0.29, 0.717) is 6.42 Å². The molecule has 0 atom stereocenters. The van der Waals surface area contributed by atoms with Crippen LogP contribution in [-0.2, 0) is 4.79 Å². The van der Waals surface area contributed by atoms with Crippen LogP contribution in [0.15, 0.2) is 73.3 Å². The number of rotatable bonds is 4. The van der Waals surface area contributed by atoms with Gasteiger partial charge in [-0.1, -0.05) is 80.3 Å². The number of carbonyl (C=O) groups is 1. The smallest absolute Gasteiger partial charge is 0.228 e. The summed E-state index contributed by atoms with van der Waals surface area (Å²) in [7, 11) is 0. The predicted molar refractivity (Wildman–Crippen MR) is 122 cm³/mol. The molecule has 0 unspecified atom stereocenters. The standard InChI is InChI=1S/C17H15NO.C5H10.2C2H2/c1-13(18-12-11-17(18)19)14-7-9-16(10-8-14)15-5-3-2-4-6-15;1-3-5-4-2;2*1-2/h2-10H,1,11-12H2;3,5H,4H2,1-2H3;2*1-2H/b;5-3+;;. The molecule has 1 aliphatic heterocycles. The molecular weight excluding hydrogens is 342 g/mol. The molecule has 0 aromatic heterocycles. The quantitative estimate of drug-likeness (QED) is 0.365. The summed E-state index contributed by atoms with van der Waals surface area (Å²) in [5.41, 5.74) is 4.18. The molecule has 1 heterocycles. The van der Waals surface area contributed by atoms with Gasteiger partial charge < -0.3 is 4.90 Å². The molecule has 0 N–H and O–H groups in total. The molecule has 2 aromatic rings. The summed E-state index contributed by atoms with van der Waals surface area (Å²) in [6.07, 6.45) is 22.0. The monoisotopic (exact) mass is 371 g/mol. The second-order valence-electron chi connectivity index (χ2n) is 5.66. The molecular formula is C26H29NO. The Kier molecular flexibility index (Phi) is 12.8. The van der Waals surface area contributed by atoms with Crippen LogP contribution in [0.4, 0.5) is 0 Å². The fourth-order valence-corrected chi connectivity index (χ4v) is 2.48. The highest BCUT2D eigenvalue weighted by molar-refractivity contribution is 5.91. The van der Waals surface area contributed by atoms with Crippen molar-refractivity contribution in [3.63, 3.8) is 0 Å². The van der Waals surface area contributed by atoms with Crippen molar-refractivity contribution in [1.29, 1.82) is 0 Å². The molecule has 144 valence electrons. The van der Waals surface area contributed by atoms with Crippen molar-refractivity contribution in [3.05, 3.63) is 78.9 Å². The minimum Gasteiger partial charge on any atom is -0.312 e. The van der Waals surface area contributed by atoms with Gasteiger partial charge in [-0.2, -0.15) is 0 Å². The Balaban J connectivity index is 0.000000698. The summed E-state index contributed by atoms with van der Waals surface area (Å²) in [4.78, 5) is 13.1. The first-order chi connectivity index (χ1) is 13.7. The number of hydrogen-bond donors (Lipinski definition) is 0. The van der Waals surface area contributed by atoms with Crippen LogP contribution in [0.3, 0.4) is 0 Å². The Morgan fingerprint density at radius 3 is 1.89 bits per heavy atom. The van der Waals surface area contributed by atoms with E-state index in [4.69, 9.17) is 0 Å². The molecule has 1 fully saturated rings. The molecule has 0 aliphatic carbocycles. The average Bonchev–Trinajstić information content (AvgIpc) is 2.77. The molecule has 0 spiro atoms. The number of nitrogens with zero attached hydrogens (tertiary/aromatic N) is 1. The first-order valence-electron chi connectivity index (χ1n) is 9.10.